The molecule has 0 amide bonds. The van der Waals surface area contributed by atoms with E-state index in [2.05, 4.69) is 12.3 Å². The van der Waals surface area contributed by atoms with Gasteiger partial charge in [-0.2, -0.15) is 11.8 Å². The van der Waals surface area contributed by atoms with Gasteiger partial charge in [-0.25, -0.2) is 0 Å². The highest BCUT2D eigenvalue weighted by Crippen LogP contribution is 2.33. The molecule has 0 spiro atoms. The Hall–Kier alpha value is -0.420. The van der Waals surface area contributed by atoms with Crippen molar-refractivity contribution in [1.82, 2.24) is 5.43 Å². The molecule has 1 aromatic rings. The Labute approximate surface area is 124 Å². The zero-order valence-corrected chi connectivity index (χ0v) is 12.8. The van der Waals surface area contributed by atoms with Crippen molar-refractivity contribution in [3.63, 3.8) is 0 Å². The molecule has 0 bridgehead atoms. The molecule has 106 valence electrons. The standard InChI is InChI=1S/C14H21ClN2OS/c1-2-5-19-9-13(17-16)8-11-7-12(15)6-10-3-4-18-14(10)11/h6-7,13,17H,2-5,8-9,16H2,1H3. The van der Waals surface area contributed by atoms with Gasteiger partial charge in [-0.3, -0.25) is 11.3 Å². The second kappa shape index (κ2) is 7.39. The molecule has 0 aromatic heterocycles. The lowest BCUT2D eigenvalue weighted by Crippen LogP contribution is -2.38. The van der Waals surface area contributed by atoms with Crippen LogP contribution in [0.2, 0.25) is 5.02 Å². The van der Waals surface area contributed by atoms with Gasteiger partial charge in [0.05, 0.1) is 6.61 Å². The normalized spacial score (nSPS) is 15.1. The Balaban J connectivity index is 2.05. The van der Waals surface area contributed by atoms with E-state index >= 15 is 0 Å². The van der Waals surface area contributed by atoms with E-state index in [1.165, 1.54) is 23.3 Å². The lowest BCUT2D eigenvalue weighted by Gasteiger charge is -2.17. The number of halogens is 1. The Morgan fingerprint density at radius 3 is 3.11 bits per heavy atom. The fourth-order valence-corrected chi connectivity index (χ4v) is 3.52. The number of benzene rings is 1. The quantitative estimate of drug-likeness (QED) is 0.462. The Morgan fingerprint density at radius 1 is 1.53 bits per heavy atom. The number of hydrogen-bond donors (Lipinski definition) is 2. The number of thioether (sulfide) groups is 1. The van der Waals surface area contributed by atoms with Gasteiger partial charge in [0.25, 0.3) is 0 Å². The third-order valence-corrected chi connectivity index (χ3v) is 4.75. The van der Waals surface area contributed by atoms with Crippen molar-refractivity contribution < 1.29 is 4.74 Å². The first-order valence-corrected chi connectivity index (χ1v) is 8.25. The minimum Gasteiger partial charge on any atom is -0.493 e. The molecule has 1 aliphatic heterocycles. The summed E-state index contributed by atoms with van der Waals surface area (Å²) < 4.78 is 5.72. The Morgan fingerprint density at radius 2 is 2.37 bits per heavy atom. The predicted molar refractivity (Wildman–Crippen MR) is 83.1 cm³/mol. The second-order valence-corrected chi connectivity index (χ2v) is 6.38. The Bertz CT molecular complexity index is 428. The van der Waals surface area contributed by atoms with Gasteiger partial charge in [0.1, 0.15) is 5.75 Å². The van der Waals surface area contributed by atoms with E-state index in [0.29, 0.717) is 0 Å². The van der Waals surface area contributed by atoms with Crippen LogP contribution in [0.15, 0.2) is 12.1 Å². The summed E-state index contributed by atoms with van der Waals surface area (Å²) >= 11 is 8.10. The maximum atomic E-state index is 6.17. The molecule has 5 heteroatoms. The van der Waals surface area contributed by atoms with Crippen molar-refractivity contribution in [2.75, 3.05) is 18.1 Å². The Kier molecular flexibility index (Phi) is 5.82. The van der Waals surface area contributed by atoms with Gasteiger partial charge in [0.2, 0.25) is 0 Å². The molecule has 1 aliphatic rings. The molecule has 0 radical (unpaired) electrons. The highest BCUT2D eigenvalue weighted by atomic mass is 35.5. The molecule has 1 unspecified atom stereocenters. The van der Waals surface area contributed by atoms with Crippen molar-refractivity contribution in [2.45, 2.75) is 32.2 Å². The predicted octanol–water partition coefficient (Wildman–Crippen LogP) is 2.79. The average Bonchev–Trinajstić information content (AvgIpc) is 2.85. The van der Waals surface area contributed by atoms with Crippen LogP contribution in [0.3, 0.4) is 0 Å². The minimum atomic E-state index is 0.253. The summed E-state index contributed by atoms with van der Waals surface area (Å²) in [4.78, 5) is 0. The highest BCUT2D eigenvalue weighted by Gasteiger charge is 2.19. The topological polar surface area (TPSA) is 47.3 Å². The summed E-state index contributed by atoms with van der Waals surface area (Å²) in [5.74, 6) is 8.84. The molecule has 3 N–H and O–H groups in total. The SMILES string of the molecule is CCCSCC(Cc1cc(Cl)cc2c1OCC2)NN. The van der Waals surface area contributed by atoms with Gasteiger partial charge in [-0.1, -0.05) is 18.5 Å². The molecule has 1 heterocycles. The maximum Gasteiger partial charge on any atom is 0.125 e. The van der Waals surface area contributed by atoms with E-state index in [9.17, 15) is 0 Å². The van der Waals surface area contributed by atoms with Crippen molar-refractivity contribution in [2.24, 2.45) is 5.84 Å². The first-order valence-electron chi connectivity index (χ1n) is 6.72. The van der Waals surface area contributed by atoms with Crippen LogP contribution in [-0.2, 0) is 12.8 Å². The van der Waals surface area contributed by atoms with Crippen molar-refractivity contribution in [1.29, 1.82) is 0 Å². The average molecular weight is 301 g/mol. The van der Waals surface area contributed by atoms with Crippen LogP contribution < -0.4 is 16.0 Å². The molecule has 19 heavy (non-hydrogen) atoms. The minimum absolute atomic E-state index is 0.253. The fourth-order valence-electron chi connectivity index (χ4n) is 2.30. The molecule has 0 fully saturated rings. The number of hydrazine groups is 1. The number of rotatable bonds is 7. The number of ether oxygens (including phenoxy) is 1. The molecular weight excluding hydrogens is 280 g/mol. The molecule has 1 atom stereocenters. The van der Waals surface area contributed by atoms with Gasteiger partial charge in [0.15, 0.2) is 0 Å². The summed E-state index contributed by atoms with van der Waals surface area (Å²) in [6.45, 7) is 2.95. The van der Waals surface area contributed by atoms with E-state index in [4.69, 9.17) is 22.2 Å². The van der Waals surface area contributed by atoms with Crippen molar-refractivity contribution in [3.8, 4) is 5.75 Å². The fraction of sp³-hybridized carbons (Fsp3) is 0.571. The van der Waals surface area contributed by atoms with Gasteiger partial charge < -0.3 is 4.74 Å². The van der Waals surface area contributed by atoms with Gasteiger partial charge in [-0.05, 0) is 41.9 Å². The monoisotopic (exact) mass is 300 g/mol. The van der Waals surface area contributed by atoms with Crippen LogP contribution in [0.4, 0.5) is 0 Å². The zero-order valence-electron chi connectivity index (χ0n) is 11.2. The van der Waals surface area contributed by atoms with Crippen molar-refractivity contribution in [3.05, 3.63) is 28.3 Å². The smallest absolute Gasteiger partial charge is 0.125 e. The van der Waals surface area contributed by atoms with E-state index in [1.54, 1.807) is 0 Å². The van der Waals surface area contributed by atoms with Gasteiger partial charge in [0, 0.05) is 23.2 Å². The third-order valence-electron chi connectivity index (χ3n) is 3.19. The number of nitrogens with one attached hydrogen (secondary N) is 1. The van der Waals surface area contributed by atoms with Crippen LogP contribution >= 0.6 is 23.4 Å². The molecule has 0 saturated heterocycles. The van der Waals surface area contributed by atoms with Gasteiger partial charge in [-0.15, -0.1) is 0 Å². The van der Waals surface area contributed by atoms with E-state index in [-0.39, 0.29) is 6.04 Å². The summed E-state index contributed by atoms with van der Waals surface area (Å²) in [7, 11) is 0. The van der Waals surface area contributed by atoms with Crippen LogP contribution in [0.5, 0.6) is 5.75 Å². The molecule has 3 nitrogen and oxygen atoms in total. The van der Waals surface area contributed by atoms with E-state index in [1.807, 2.05) is 23.9 Å². The third kappa shape index (κ3) is 4.02. The van der Waals surface area contributed by atoms with Crippen LogP contribution in [0, 0.1) is 0 Å². The van der Waals surface area contributed by atoms with Crippen LogP contribution in [0.25, 0.3) is 0 Å². The van der Waals surface area contributed by atoms with E-state index in [0.717, 1.165) is 36.0 Å². The molecule has 0 saturated carbocycles. The van der Waals surface area contributed by atoms with Crippen molar-refractivity contribution >= 4 is 23.4 Å². The van der Waals surface area contributed by atoms with Crippen LogP contribution in [-0.4, -0.2) is 24.2 Å². The lowest BCUT2D eigenvalue weighted by molar-refractivity contribution is 0.352. The number of hydrogen-bond acceptors (Lipinski definition) is 4. The lowest BCUT2D eigenvalue weighted by atomic mass is 10.0. The molecule has 2 rings (SSSR count). The summed E-state index contributed by atoms with van der Waals surface area (Å²) in [5.41, 5.74) is 5.29. The first-order chi connectivity index (χ1) is 9.24. The summed E-state index contributed by atoms with van der Waals surface area (Å²) in [6.07, 6.45) is 3.00. The van der Waals surface area contributed by atoms with Gasteiger partial charge >= 0.3 is 0 Å². The zero-order chi connectivity index (χ0) is 13.7. The summed E-state index contributed by atoms with van der Waals surface area (Å²) in [6, 6.07) is 4.26. The second-order valence-electron chi connectivity index (χ2n) is 4.79. The van der Waals surface area contributed by atoms with Crippen LogP contribution in [0.1, 0.15) is 24.5 Å². The highest BCUT2D eigenvalue weighted by molar-refractivity contribution is 7.99. The maximum absolute atomic E-state index is 6.17. The number of fused-ring (bicyclic) bond motifs is 1. The van der Waals surface area contributed by atoms with E-state index < -0.39 is 0 Å². The molecular formula is C14H21ClN2OS. The summed E-state index contributed by atoms with van der Waals surface area (Å²) in [5, 5.41) is 0.788. The largest absolute Gasteiger partial charge is 0.493 e. The molecule has 0 aliphatic carbocycles. The number of nitrogens with two attached hydrogens (primary N) is 1. The molecule has 1 aromatic carbocycles. The first kappa shape index (κ1) is 15.0.